The summed E-state index contributed by atoms with van der Waals surface area (Å²) in [6.45, 7) is 7.22. The Hall–Kier alpha value is -1.40. The molecular weight excluding hydrogens is 278 g/mol. The standard InChI is InChI=1S/C14H21NO4S/c1-10(2)15(11(3)4)20(17,18)13-9-7-6-8-12(13)14(16)19-5/h6-11H,1-5H3. The zero-order valence-corrected chi connectivity index (χ0v) is 13.3. The Kier molecular flexibility index (Phi) is 5.30. The van der Waals surface area contributed by atoms with Gasteiger partial charge in [0.15, 0.2) is 0 Å². The minimum absolute atomic E-state index is 0.0192. The molecule has 0 saturated heterocycles. The molecular formula is C14H21NO4S. The number of ether oxygens (including phenoxy) is 1. The number of carbonyl (C=O) groups excluding carboxylic acids is 1. The van der Waals surface area contributed by atoms with Gasteiger partial charge in [-0.05, 0) is 39.8 Å². The van der Waals surface area contributed by atoms with Gasteiger partial charge in [0.05, 0.1) is 17.6 Å². The van der Waals surface area contributed by atoms with E-state index in [0.717, 1.165) is 0 Å². The maximum absolute atomic E-state index is 12.8. The van der Waals surface area contributed by atoms with Crippen molar-refractivity contribution >= 4 is 16.0 Å². The van der Waals surface area contributed by atoms with Gasteiger partial charge in [0, 0.05) is 12.1 Å². The highest BCUT2D eigenvalue weighted by molar-refractivity contribution is 7.89. The number of sulfonamides is 1. The molecule has 0 aromatic heterocycles. The number of esters is 1. The fraction of sp³-hybridized carbons (Fsp3) is 0.500. The van der Waals surface area contributed by atoms with E-state index in [1.54, 1.807) is 39.8 Å². The third kappa shape index (κ3) is 3.19. The zero-order valence-electron chi connectivity index (χ0n) is 12.5. The molecule has 0 N–H and O–H groups in total. The summed E-state index contributed by atoms with van der Waals surface area (Å²) in [6.07, 6.45) is 0. The SMILES string of the molecule is COC(=O)c1ccccc1S(=O)(=O)N(C(C)C)C(C)C. The molecule has 1 aromatic rings. The number of rotatable bonds is 5. The van der Waals surface area contributed by atoms with Crippen LogP contribution in [-0.2, 0) is 14.8 Å². The van der Waals surface area contributed by atoms with Crippen molar-refractivity contribution in [3.8, 4) is 0 Å². The number of hydrogen-bond acceptors (Lipinski definition) is 4. The third-order valence-electron chi connectivity index (χ3n) is 2.87. The molecule has 0 spiro atoms. The largest absolute Gasteiger partial charge is 0.465 e. The van der Waals surface area contributed by atoms with Crippen molar-refractivity contribution < 1.29 is 17.9 Å². The van der Waals surface area contributed by atoms with E-state index < -0.39 is 16.0 Å². The van der Waals surface area contributed by atoms with Gasteiger partial charge in [-0.3, -0.25) is 0 Å². The van der Waals surface area contributed by atoms with Crippen molar-refractivity contribution in [2.24, 2.45) is 0 Å². The summed E-state index contributed by atoms with van der Waals surface area (Å²) < 4.78 is 31.6. The van der Waals surface area contributed by atoms with Crippen molar-refractivity contribution in [3.05, 3.63) is 29.8 Å². The van der Waals surface area contributed by atoms with Crippen LogP contribution in [0.1, 0.15) is 38.1 Å². The topological polar surface area (TPSA) is 63.7 Å². The molecule has 0 heterocycles. The van der Waals surface area contributed by atoms with Crippen molar-refractivity contribution in [1.82, 2.24) is 4.31 Å². The summed E-state index contributed by atoms with van der Waals surface area (Å²) in [7, 11) is -2.52. The lowest BCUT2D eigenvalue weighted by molar-refractivity contribution is 0.0596. The Morgan fingerprint density at radius 2 is 1.60 bits per heavy atom. The van der Waals surface area contributed by atoms with Crippen LogP contribution in [0.2, 0.25) is 0 Å². The van der Waals surface area contributed by atoms with Gasteiger partial charge in [0.2, 0.25) is 10.0 Å². The van der Waals surface area contributed by atoms with Crippen LogP contribution in [-0.4, -0.2) is 37.9 Å². The Morgan fingerprint density at radius 1 is 1.10 bits per heavy atom. The lowest BCUT2D eigenvalue weighted by atomic mass is 10.2. The Bertz CT molecular complexity index is 571. The molecule has 5 nitrogen and oxygen atoms in total. The number of benzene rings is 1. The van der Waals surface area contributed by atoms with Crippen LogP contribution in [0.5, 0.6) is 0 Å². The van der Waals surface area contributed by atoms with Crippen LogP contribution < -0.4 is 0 Å². The fourth-order valence-electron chi connectivity index (χ4n) is 2.24. The quantitative estimate of drug-likeness (QED) is 0.782. The van der Waals surface area contributed by atoms with Gasteiger partial charge in [-0.2, -0.15) is 4.31 Å². The molecule has 20 heavy (non-hydrogen) atoms. The van der Waals surface area contributed by atoms with Crippen molar-refractivity contribution in [2.45, 2.75) is 44.7 Å². The van der Waals surface area contributed by atoms with E-state index in [9.17, 15) is 13.2 Å². The zero-order chi connectivity index (χ0) is 15.5. The van der Waals surface area contributed by atoms with Crippen LogP contribution in [0.15, 0.2) is 29.2 Å². The second kappa shape index (κ2) is 6.37. The van der Waals surface area contributed by atoms with E-state index in [1.165, 1.54) is 23.5 Å². The number of nitrogens with zero attached hydrogens (tertiary/aromatic N) is 1. The molecule has 0 amide bonds. The molecule has 0 aliphatic heterocycles. The predicted molar refractivity (Wildman–Crippen MR) is 77.1 cm³/mol. The van der Waals surface area contributed by atoms with Crippen molar-refractivity contribution in [3.63, 3.8) is 0 Å². The highest BCUT2D eigenvalue weighted by atomic mass is 32.2. The van der Waals surface area contributed by atoms with Gasteiger partial charge in [-0.1, -0.05) is 12.1 Å². The highest BCUT2D eigenvalue weighted by Crippen LogP contribution is 2.24. The lowest BCUT2D eigenvalue weighted by Crippen LogP contribution is -2.42. The molecule has 112 valence electrons. The van der Waals surface area contributed by atoms with Crippen LogP contribution in [0.4, 0.5) is 0 Å². The van der Waals surface area contributed by atoms with E-state index in [1.807, 2.05) is 0 Å². The van der Waals surface area contributed by atoms with Crippen LogP contribution >= 0.6 is 0 Å². The van der Waals surface area contributed by atoms with E-state index >= 15 is 0 Å². The molecule has 0 unspecified atom stereocenters. The maximum Gasteiger partial charge on any atom is 0.339 e. The Morgan fingerprint density at radius 3 is 2.05 bits per heavy atom. The second-order valence-electron chi connectivity index (χ2n) is 5.01. The van der Waals surface area contributed by atoms with Crippen LogP contribution in [0.25, 0.3) is 0 Å². The van der Waals surface area contributed by atoms with Gasteiger partial charge in [-0.15, -0.1) is 0 Å². The summed E-state index contributed by atoms with van der Waals surface area (Å²) in [6, 6.07) is 5.69. The molecule has 0 aliphatic rings. The highest BCUT2D eigenvalue weighted by Gasteiger charge is 2.32. The number of methoxy groups -OCH3 is 1. The Balaban J connectivity index is 3.46. The summed E-state index contributed by atoms with van der Waals surface area (Å²) in [5.74, 6) is -0.656. The molecule has 0 bridgehead atoms. The average Bonchev–Trinajstić information content (AvgIpc) is 2.36. The summed E-state index contributed by atoms with van der Waals surface area (Å²) in [5.41, 5.74) is 0.0568. The van der Waals surface area contributed by atoms with Crippen LogP contribution in [0.3, 0.4) is 0 Å². The molecule has 0 fully saturated rings. The lowest BCUT2D eigenvalue weighted by Gasteiger charge is -2.30. The fourth-order valence-corrected chi connectivity index (χ4v) is 4.25. The molecule has 0 radical (unpaired) electrons. The monoisotopic (exact) mass is 299 g/mol. The summed E-state index contributed by atoms with van der Waals surface area (Å²) >= 11 is 0. The first-order valence-corrected chi connectivity index (χ1v) is 7.88. The van der Waals surface area contributed by atoms with Crippen molar-refractivity contribution in [2.75, 3.05) is 7.11 Å². The number of hydrogen-bond donors (Lipinski definition) is 0. The van der Waals surface area contributed by atoms with E-state index in [2.05, 4.69) is 4.74 Å². The molecule has 0 atom stereocenters. The summed E-state index contributed by atoms with van der Waals surface area (Å²) in [5, 5.41) is 0. The molecule has 6 heteroatoms. The normalized spacial score (nSPS) is 12.2. The van der Waals surface area contributed by atoms with Gasteiger partial charge < -0.3 is 4.74 Å². The molecule has 1 aromatic carbocycles. The van der Waals surface area contributed by atoms with E-state index in [0.29, 0.717) is 0 Å². The smallest absolute Gasteiger partial charge is 0.339 e. The van der Waals surface area contributed by atoms with Crippen LogP contribution in [0, 0.1) is 0 Å². The van der Waals surface area contributed by atoms with Crippen molar-refractivity contribution in [1.29, 1.82) is 0 Å². The molecule has 0 saturated carbocycles. The third-order valence-corrected chi connectivity index (χ3v) is 5.18. The Labute approximate surface area is 120 Å². The van der Waals surface area contributed by atoms with Gasteiger partial charge >= 0.3 is 5.97 Å². The average molecular weight is 299 g/mol. The van der Waals surface area contributed by atoms with Gasteiger partial charge in [0.25, 0.3) is 0 Å². The second-order valence-corrected chi connectivity index (χ2v) is 6.82. The minimum Gasteiger partial charge on any atom is -0.465 e. The first kappa shape index (κ1) is 16.7. The molecule has 0 aliphatic carbocycles. The first-order valence-electron chi connectivity index (χ1n) is 6.44. The van der Waals surface area contributed by atoms with E-state index in [4.69, 9.17) is 0 Å². The number of carbonyl (C=O) groups is 1. The first-order chi connectivity index (χ1) is 9.23. The summed E-state index contributed by atoms with van der Waals surface area (Å²) in [4.78, 5) is 11.7. The minimum atomic E-state index is -3.75. The van der Waals surface area contributed by atoms with Gasteiger partial charge in [-0.25, -0.2) is 13.2 Å². The maximum atomic E-state index is 12.8. The van der Waals surface area contributed by atoms with E-state index in [-0.39, 0.29) is 22.5 Å². The molecule has 1 rings (SSSR count). The van der Waals surface area contributed by atoms with Gasteiger partial charge in [0.1, 0.15) is 0 Å². The predicted octanol–water partition coefficient (Wildman–Crippen LogP) is 2.28.